The van der Waals surface area contributed by atoms with Gasteiger partial charge in [0.2, 0.25) is 5.91 Å². The van der Waals surface area contributed by atoms with Gasteiger partial charge in [-0.05, 0) is 37.5 Å². The van der Waals surface area contributed by atoms with Crippen molar-refractivity contribution in [3.8, 4) is 0 Å². The minimum atomic E-state index is -0.389. The minimum absolute atomic E-state index is 0.0725. The molecule has 4 nitrogen and oxygen atoms in total. The molecule has 1 heterocycles. The maximum absolute atomic E-state index is 12.8. The van der Waals surface area contributed by atoms with Crippen LogP contribution in [0.4, 0.5) is 0 Å². The molecule has 5 heteroatoms. The van der Waals surface area contributed by atoms with Crippen LogP contribution in [0.15, 0.2) is 54.6 Å². The maximum atomic E-state index is 12.8. The van der Waals surface area contributed by atoms with Crippen molar-refractivity contribution >= 4 is 23.4 Å². The molecule has 2 aromatic carbocycles. The van der Waals surface area contributed by atoms with Crippen LogP contribution in [0.1, 0.15) is 48.1 Å². The number of hydrogen-bond acceptors (Lipinski definition) is 2. The van der Waals surface area contributed by atoms with E-state index in [1.54, 1.807) is 24.3 Å². The quantitative estimate of drug-likeness (QED) is 0.856. The highest BCUT2D eigenvalue weighted by Gasteiger charge is 2.28. The number of carbonyl (C=O) groups is 2. The van der Waals surface area contributed by atoms with Gasteiger partial charge < -0.3 is 10.2 Å². The van der Waals surface area contributed by atoms with Crippen LogP contribution in [-0.2, 0) is 4.79 Å². The van der Waals surface area contributed by atoms with E-state index < -0.39 is 0 Å². The molecule has 136 valence electrons. The Balaban J connectivity index is 1.79. The lowest BCUT2D eigenvalue weighted by Crippen LogP contribution is -2.38. The first-order chi connectivity index (χ1) is 12.6. The molecule has 3 rings (SSSR count). The highest BCUT2D eigenvalue weighted by atomic mass is 35.5. The summed E-state index contributed by atoms with van der Waals surface area (Å²) in [5, 5.41) is 3.39. The zero-order chi connectivity index (χ0) is 18.5. The van der Waals surface area contributed by atoms with Crippen LogP contribution in [0.5, 0.6) is 0 Å². The van der Waals surface area contributed by atoms with Gasteiger partial charge in [-0.1, -0.05) is 54.1 Å². The summed E-state index contributed by atoms with van der Waals surface area (Å²) in [7, 11) is 0. The number of amides is 2. The molecule has 2 atom stereocenters. The highest BCUT2D eigenvalue weighted by molar-refractivity contribution is 6.33. The Labute approximate surface area is 159 Å². The van der Waals surface area contributed by atoms with E-state index >= 15 is 0 Å². The van der Waals surface area contributed by atoms with Gasteiger partial charge in [-0.25, -0.2) is 0 Å². The molecule has 0 radical (unpaired) electrons. The highest BCUT2D eigenvalue weighted by Crippen LogP contribution is 2.24. The molecule has 0 bridgehead atoms. The first-order valence-electron chi connectivity index (χ1n) is 8.96. The van der Waals surface area contributed by atoms with Gasteiger partial charge in [-0.2, -0.15) is 0 Å². The Bertz CT molecular complexity index is 779. The van der Waals surface area contributed by atoms with Gasteiger partial charge in [0.15, 0.2) is 0 Å². The molecule has 0 aromatic heterocycles. The van der Waals surface area contributed by atoms with Crippen molar-refractivity contribution in [2.75, 3.05) is 6.54 Å². The van der Waals surface area contributed by atoms with E-state index in [-0.39, 0.29) is 30.3 Å². The average Bonchev–Trinajstić information content (AvgIpc) is 3.08. The van der Waals surface area contributed by atoms with Crippen molar-refractivity contribution in [3.05, 3.63) is 70.7 Å². The normalized spacial score (nSPS) is 17.8. The summed E-state index contributed by atoms with van der Waals surface area (Å²) in [6, 6.07) is 16.4. The third-order valence-corrected chi connectivity index (χ3v) is 5.21. The Hall–Kier alpha value is -2.33. The summed E-state index contributed by atoms with van der Waals surface area (Å²) in [4.78, 5) is 27.4. The zero-order valence-electron chi connectivity index (χ0n) is 14.8. The molecule has 0 spiro atoms. The second-order valence-corrected chi connectivity index (χ2v) is 7.11. The van der Waals surface area contributed by atoms with Crippen LogP contribution in [0, 0.1) is 0 Å². The first-order valence-corrected chi connectivity index (χ1v) is 9.34. The standard InChI is InChI=1S/C21H23ClN2O2/c1-15-8-7-13-24(15)20(25)14-19(16-9-3-2-4-10-16)23-21(26)17-11-5-6-12-18(17)22/h2-6,9-12,15,19H,7-8,13-14H2,1H3,(H,23,26)/t15-,19+/m0/s1. The van der Waals surface area contributed by atoms with Gasteiger partial charge in [0.1, 0.15) is 0 Å². The van der Waals surface area contributed by atoms with Gasteiger partial charge in [0.25, 0.3) is 5.91 Å². The SMILES string of the molecule is C[C@H]1CCCN1C(=O)C[C@@H](NC(=O)c1ccccc1Cl)c1ccccc1. The molecule has 1 aliphatic heterocycles. The van der Waals surface area contributed by atoms with Gasteiger partial charge in [-0.15, -0.1) is 0 Å². The fraction of sp³-hybridized carbons (Fsp3) is 0.333. The topological polar surface area (TPSA) is 49.4 Å². The molecule has 1 saturated heterocycles. The van der Waals surface area contributed by atoms with Crippen LogP contribution >= 0.6 is 11.6 Å². The molecule has 1 aliphatic rings. The fourth-order valence-corrected chi connectivity index (χ4v) is 3.64. The Kier molecular flexibility index (Phi) is 5.94. The van der Waals surface area contributed by atoms with E-state index in [0.29, 0.717) is 10.6 Å². The van der Waals surface area contributed by atoms with Crippen LogP contribution in [0.3, 0.4) is 0 Å². The van der Waals surface area contributed by atoms with Crippen molar-refractivity contribution in [2.45, 2.75) is 38.3 Å². The summed E-state index contributed by atoms with van der Waals surface area (Å²) in [5.74, 6) is -0.199. The van der Waals surface area contributed by atoms with Gasteiger partial charge in [0.05, 0.1) is 23.0 Å². The number of likely N-dealkylation sites (tertiary alicyclic amines) is 1. The molecular formula is C21H23ClN2O2. The van der Waals surface area contributed by atoms with E-state index in [2.05, 4.69) is 12.2 Å². The predicted molar refractivity (Wildman–Crippen MR) is 103 cm³/mol. The fourth-order valence-electron chi connectivity index (χ4n) is 3.41. The summed E-state index contributed by atoms with van der Waals surface area (Å²) < 4.78 is 0. The summed E-state index contributed by atoms with van der Waals surface area (Å²) in [6.07, 6.45) is 2.31. The monoisotopic (exact) mass is 370 g/mol. The number of nitrogens with zero attached hydrogens (tertiary/aromatic N) is 1. The second-order valence-electron chi connectivity index (χ2n) is 6.70. The number of hydrogen-bond donors (Lipinski definition) is 1. The van der Waals surface area contributed by atoms with Crippen LogP contribution in [0.25, 0.3) is 0 Å². The van der Waals surface area contributed by atoms with Crippen molar-refractivity contribution in [1.29, 1.82) is 0 Å². The Morgan fingerprint density at radius 1 is 1.15 bits per heavy atom. The Morgan fingerprint density at radius 3 is 2.50 bits per heavy atom. The predicted octanol–water partition coefficient (Wildman–Crippen LogP) is 4.21. The van der Waals surface area contributed by atoms with E-state index in [1.807, 2.05) is 35.2 Å². The van der Waals surface area contributed by atoms with Crippen LogP contribution in [-0.4, -0.2) is 29.3 Å². The van der Waals surface area contributed by atoms with Crippen molar-refractivity contribution in [3.63, 3.8) is 0 Å². The molecule has 2 amide bonds. The zero-order valence-corrected chi connectivity index (χ0v) is 15.6. The van der Waals surface area contributed by atoms with Gasteiger partial charge in [-0.3, -0.25) is 9.59 Å². The molecule has 0 unspecified atom stereocenters. The lowest BCUT2D eigenvalue weighted by Gasteiger charge is -2.25. The minimum Gasteiger partial charge on any atom is -0.345 e. The third kappa shape index (κ3) is 4.25. The van der Waals surface area contributed by atoms with E-state index in [9.17, 15) is 9.59 Å². The number of rotatable bonds is 5. The second kappa shape index (κ2) is 8.37. The number of halogens is 1. The van der Waals surface area contributed by atoms with E-state index in [1.165, 1.54) is 0 Å². The van der Waals surface area contributed by atoms with E-state index in [0.717, 1.165) is 24.9 Å². The largest absolute Gasteiger partial charge is 0.345 e. The molecule has 1 N–H and O–H groups in total. The van der Waals surface area contributed by atoms with Gasteiger partial charge in [0, 0.05) is 12.6 Å². The summed E-state index contributed by atoms with van der Waals surface area (Å²) in [6.45, 7) is 2.87. The van der Waals surface area contributed by atoms with Crippen molar-refractivity contribution < 1.29 is 9.59 Å². The van der Waals surface area contributed by atoms with Crippen molar-refractivity contribution in [1.82, 2.24) is 10.2 Å². The van der Waals surface area contributed by atoms with Crippen LogP contribution in [0.2, 0.25) is 5.02 Å². The summed E-state index contributed by atoms with van der Waals surface area (Å²) in [5.41, 5.74) is 1.32. The Morgan fingerprint density at radius 2 is 1.85 bits per heavy atom. The lowest BCUT2D eigenvalue weighted by atomic mass is 10.0. The molecular weight excluding hydrogens is 348 g/mol. The third-order valence-electron chi connectivity index (χ3n) is 4.88. The number of benzene rings is 2. The van der Waals surface area contributed by atoms with Crippen molar-refractivity contribution in [2.24, 2.45) is 0 Å². The lowest BCUT2D eigenvalue weighted by molar-refractivity contribution is -0.132. The molecule has 2 aromatic rings. The first kappa shape index (κ1) is 18.5. The maximum Gasteiger partial charge on any atom is 0.253 e. The molecule has 26 heavy (non-hydrogen) atoms. The van der Waals surface area contributed by atoms with E-state index in [4.69, 9.17) is 11.6 Å². The molecule has 0 aliphatic carbocycles. The van der Waals surface area contributed by atoms with Gasteiger partial charge >= 0.3 is 0 Å². The molecule has 0 saturated carbocycles. The smallest absolute Gasteiger partial charge is 0.253 e. The molecule has 1 fully saturated rings. The van der Waals surface area contributed by atoms with Crippen LogP contribution < -0.4 is 5.32 Å². The summed E-state index contributed by atoms with van der Waals surface area (Å²) >= 11 is 6.14. The average molecular weight is 371 g/mol. The number of nitrogens with one attached hydrogen (secondary N) is 1. The number of carbonyl (C=O) groups excluding carboxylic acids is 2.